The number of pyridine rings is 1. The van der Waals surface area contributed by atoms with Gasteiger partial charge in [0.25, 0.3) is 17.7 Å². The number of fused-ring (bicyclic) bond motifs is 3. The van der Waals surface area contributed by atoms with Gasteiger partial charge in [-0.2, -0.15) is 0 Å². The summed E-state index contributed by atoms with van der Waals surface area (Å²) in [7, 11) is 0. The van der Waals surface area contributed by atoms with Gasteiger partial charge in [0.1, 0.15) is 5.69 Å². The lowest BCUT2D eigenvalue weighted by Crippen LogP contribution is -2.48. The van der Waals surface area contributed by atoms with Crippen molar-refractivity contribution in [2.45, 2.75) is 25.3 Å². The van der Waals surface area contributed by atoms with Crippen molar-refractivity contribution in [3.63, 3.8) is 0 Å². The van der Waals surface area contributed by atoms with E-state index in [0.717, 1.165) is 18.4 Å². The average molecular weight is 445 g/mol. The van der Waals surface area contributed by atoms with Crippen LogP contribution in [0.1, 0.15) is 49.6 Å². The quantitative estimate of drug-likeness (QED) is 0.624. The van der Waals surface area contributed by atoms with Crippen molar-refractivity contribution < 1.29 is 14.4 Å². The first-order valence-corrected chi connectivity index (χ1v) is 11.2. The van der Waals surface area contributed by atoms with Crippen LogP contribution in [0.4, 0.5) is 0 Å². The molecule has 0 unspecified atom stereocenters. The second-order valence-electron chi connectivity index (χ2n) is 8.85. The largest absolute Gasteiger partial charge is 0.352 e. The summed E-state index contributed by atoms with van der Waals surface area (Å²) in [5, 5.41) is 2.80. The minimum atomic E-state index is -0.188. The maximum atomic E-state index is 13.5. The Bertz CT molecular complexity index is 1250. The SMILES string of the molecule is O=C1NCCc2c1cncc2C(=O)N1C[C@@H]2CCCN(C(=O)c3cn4cccnc4n3)[C@@H]2C1. The van der Waals surface area contributed by atoms with Gasteiger partial charge in [-0.05, 0) is 36.8 Å². The van der Waals surface area contributed by atoms with Gasteiger partial charge in [-0.1, -0.05) is 0 Å². The highest BCUT2D eigenvalue weighted by Gasteiger charge is 2.43. The van der Waals surface area contributed by atoms with Crippen LogP contribution < -0.4 is 5.32 Å². The summed E-state index contributed by atoms with van der Waals surface area (Å²) < 4.78 is 1.74. The van der Waals surface area contributed by atoms with Gasteiger partial charge in [0.2, 0.25) is 5.78 Å². The molecule has 2 atom stereocenters. The number of amides is 3. The Hall–Kier alpha value is -3.82. The van der Waals surface area contributed by atoms with Crippen molar-refractivity contribution in [2.75, 3.05) is 26.2 Å². The van der Waals surface area contributed by atoms with Gasteiger partial charge in [-0.25, -0.2) is 9.97 Å². The molecule has 6 rings (SSSR count). The van der Waals surface area contributed by atoms with Crippen molar-refractivity contribution in [1.82, 2.24) is 34.5 Å². The molecule has 0 bridgehead atoms. The fraction of sp³-hybridized carbons (Fsp3) is 0.391. The van der Waals surface area contributed by atoms with Crippen LogP contribution >= 0.6 is 0 Å². The van der Waals surface area contributed by atoms with E-state index in [4.69, 9.17) is 0 Å². The van der Waals surface area contributed by atoms with E-state index in [9.17, 15) is 14.4 Å². The molecule has 0 spiro atoms. The van der Waals surface area contributed by atoms with Crippen LogP contribution in [0.25, 0.3) is 5.78 Å². The molecule has 3 aromatic heterocycles. The predicted octanol–water partition coefficient (Wildman–Crippen LogP) is 0.787. The molecular formula is C23H23N7O3. The van der Waals surface area contributed by atoms with Crippen LogP contribution in [0.15, 0.2) is 37.1 Å². The Kier molecular flexibility index (Phi) is 4.60. The molecule has 0 aliphatic carbocycles. The van der Waals surface area contributed by atoms with E-state index in [1.165, 1.54) is 6.20 Å². The molecule has 0 radical (unpaired) electrons. The molecular weight excluding hydrogens is 422 g/mol. The topological polar surface area (TPSA) is 113 Å². The maximum absolute atomic E-state index is 13.5. The van der Waals surface area contributed by atoms with Gasteiger partial charge in [0.05, 0.1) is 17.2 Å². The third kappa shape index (κ3) is 3.24. The van der Waals surface area contributed by atoms with E-state index in [0.29, 0.717) is 55.2 Å². The highest BCUT2D eigenvalue weighted by molar-refractivity contribution is 6.02. The van der Waals surface area contributed by atoms with Gasteiger partial charge >= 0.3 is 0 Å². The van der Waals surface area contributed by atoms with Gasteiger partial charge in [-0.15, -0.1) is 0 Å². The van der Waals surface area contributed by atoms with Crippen LogP contribution in [-0.2, 0) is 6.42 Å². The number of likely N-dealkylation sites (tertiary alicyclic amines) is 2. The summed E-state index contributed by atoms with van der Waals surface area (Å²) in [6.45, 7) is 2.22. The normalized spacial score (nSPS) is 22.1. The number of rotatable bonds is 2. The summed E-state index contributed by atoms with van der Waals surface area (Å²) in [4.78, 5) is 55.4. The zero-order valence-electron chi connectivity index (χ0n) is 18.0. The van der Waals surface area contributed by atoms with Crippen LogP contribution in [-0.4, -0.2) is 79.1 Å². The first kappa shape index (κ1) is 19.8. The number of imidazole rings is 1. The maximum Gasteiger partial charge on any atom is 0.274 e. The highest BCUT2D eigenvalue weighted by atomic mass is 16.2. The van der Waals surface area contributed by atoms with E-state index in [-0.39, 0.29) is 29.7 Å². The summed E-state index contributed by atoms with van der Waals surface area (Å²) in [5.41, 5.74) is 2.09. The molecule has 10 nitrogen and oxygen atoms in total. The zero-order valence-corrected chi connectivity index (χ0v) is 18.0. The summed E-state index contributed by atoms with van der Waals surface area (Å²) >= 11 is 0. The molecule has 3 aromatic rings. The number of hydrogen-bond donors (Lipinski definition) is 1. The molecule has 10 heteroatoms. The smallest absolute Gasteiger partial charge is 0.274 e. The highest BCUT2D eigenvalue weighted by Crippen LogP contribution is 2.33. The van der Waals surface area contributed by atoms with Gasteiger partial charge in [0, 0.05) is 57.2 Å². The predicted molar refractivity (Wildman–Crippen MR) is 117 cm³/mol. The minimum absolute atomic E-state index is 0.0521. The van der Waals surface area contributed by atoms with E-state index >= 15 is 0 Å². The van der Waals surface area contributed by atoms with Crippen LogP contribution in [0.3, 0.4) is 0 Å². The van der Waals surface area contributed by atoms with Crippen molar-refractivity contribution in [3.05, 3.63) is 59.4 Å². The minimum Gasteiger partial charge on any atom is -0.352 e. The number of aromatic nitrogens is 4. The molecule has 6 heterocycles. The second-order valence-corrected chi connectivity index (χ2v) is 8.85. The Labute approximate surface area is 189 Å². The van der Waals surface area contributed by atoms with E-state index in [1.807, 2.05) is 16.0 Å². The Morgan fingerprint density at radius 2 is 2.06 bits per heavy atom. The molecule has 0 saturated carbocycles. The van der Waals surface area contributed by atoms with Crippen molar-refractivity contribution in [2.24, 2.45) is 5.92 Å². The molecule has 168 valence electrons. The number of nitrogens with zero attached hydrogens (tertiary/aromatic N) is 6. The van der Waals surface area contributed by atoms with Gasteiger partial charge in [0.15, 0.2) is 0 Å². The number of carbonyl (C=O) groups is 3. The molecule has 0 aromatic carbocycles. The lowest BCUT2D eigenvalue weighted by atomic mass is 9.92. The lowest BCUT2D eigenvalue weighted by molar-refractivity contribution is 0.0559. The first-order valence-electron chi connectivity index (χ1n) is 11.2. The fourth-order valence-corrected chi connectivity index (χ4v) is 5.38. The van der Waals surface area contributed by atoms with Crippen LogP contribution in [0.5, 0.6) is 0 Å². The molecule has 2 fully saturated rings. The zero-order chi connectivity index (χ0) is 22.5. The second kappa shape index (κ2) is 7.65. The summed E-state index contributed by atoms with van der Waals surface area (Å²) in [6.07, 6.45) is 10.7. The number of hydrogen-bond acceptors (Lipinski definition) is 6. The number of piperidine rings is 1. The number of nitrogens with one attached hydrogen (secondary N) is 1. The monoisotopic (exact) mass is 445 g/mol. The molecule has 3 amide bonds. The molecule has 3 aliphatic heterocycles. The summed E-state index contributed by atoms with van der Waals surface area (Å²) in [6, 6.07) is 1.74. The van der Waals surface area contributed by atoms with E-state index in [1.54, 1.807) is 29.1 Å². The third-order valence-corrected chi connectivity index (χ3v) is 6.98. The Balaban J connectivity index is 1.25. The molecule has 2 saturated heterocycles. The Morgan fingerprint density at radius 1 is 1.15 bits per heavy atom. The van der Waals surface area contributed by atoms with Gasteiger partial charge < -0.3 is 15.1 Å². The lowest BCUT2D eigenvalue weighted by Gasteiger charge is -2.36. The van der Waals surface area contributed by atoms with Crippen molar-refractivity contribution in [1.29, 1.82) is 0 Å². The Morgan fingerprint density at radius 3 is 2.94 bits per heavy atom. The average Bonchev–Trinajstić information content (AvgIpc) is 3.47. The molecule has 33 heavy (non-hydrogen) atoms. The van der Waals surface area contributed by atoms with Crippen LogP contribution in [0.2, 0.25) is 0 Å². The van der Waals surface area contributed by atoms with E-state index in [2.05, 4.69) is 20.3 Å². The third-order valence-electron chi connectivity index (χ3n) is 6.98. The van der Waals surface area contributed by atoms with Crippen LogP contribution in [0, 0.1) is 5.92 Å². The molecule has 1 N–H and O–H groups in total. The van der Waals surface area contributed by atoms with Crippen molar-refractivity contribution >= 4 is 23.5 Å². The standard InChI is InChI=1S/C23H23N7O3/c31-20-16-9-24-10-17(15(16)4-6-25-20)21(32)29-11-14-3-1-8-30(19(14)13-29)22(33)18-12-28-7-2-5-26-23(28)27-18/h2,5,7,9-10,12,14,19H,1,3-4,6,8,11,13H2,(H,25,31)/t14-,19+/m0/s1. The summed E-state index contributed by atoms with van der Waals surface area (Å²) in [5.74, 6) is 0.278. The number of carbonyl (C=O) groups excluding carboxylic acids is 3. The van der Waals surface area contributed by atoms with Gasteiger partial charge in [-0.3, -0.25) is 23.8 Å². The van der Waals surface area contributed by atoms with Crippen molar-refractivity contribution in [3.8, 4) is 0 Å². The fourth-order valence-electron chi connectivity index (χ4n) is 5.38. The van der Waals surface area contributed by atoms with E-state index < -0.39 is 0 Å². The first-order chi connectivity index (χ1) is 16.1. The molecule has 3 aliphatic rings.